The number of fused-ring (bicyclic) bond motifs is 2. The maximum Gasteiger partial charge on any atom is 0.396 e. The van der Waals surface area contributed by atoms with E-state index in [1.165, 1.54) is 12.1 Å². The van der Waals surface area contributed by atoms with Crippen molar-refractivity contribution < 1.29 is 35.9 Å². The molecule has 2 fully saturated rings. The smallest absolute Gasteiger partial charge is 0.373 e. The van der Waals surface area contributed by atoms with Gasteiger partial charge < -0.3 is 9.64 Å². The lowest BCUT2D eigenvalue weighted by atomic mass is 10.1. The molecule has 0 aromatic heterocycles. The highest BCUT2D eigenvalue weighted by Crippen LogP contribution is 2.51. The molecule has 3 aliphatic rings. The number of benzene rings is 1. The average Bonchev–Trinajstić information content (AvgIpc) is 3.30. The van der Waals surface area contributed by atoms with Gasteiger partial charge in [0.15, 0.2) is 0 Å². The first-order valence-electron chi connectivity index (χ1n) is 7.72. The van der Waals surface area contributed by atoms with Crippen LogP contribution in [-0.4, -0.2) is 68.0 Å². The Morgan fingerprint density at radius 1 is 1.31 bits per heavy atom. The molecule has 1 aromatic carbocycles. The third-order valence-electron chi connectivity index (χ3n) is 4.94. The molecule has 2 heterocycles. The van der Waals surface area contributed by atoms with Gasteiger partial charge in [-0.25, -0.2) is 12.7 Å². The molecule has 11 heteroatoms. The molecule has 0 spiro atoms. The molecule has 0 N–H and O–H groups in total. The minimum Gasteiger partial charge on any atom is -0.373 e. The van der Waals surface area contributed by atoms with E-state index < -0.39 is 46.1 Å². The van der Waals surface area contributed by atoms with Gasteiger partial charge in [-0.3, -0.25) is 9.59 Å². The first-order valence-corrected chi connectivity index (χ1v) is 9.16. The zero-order chi connectivity index (χ0) is 19.0. The first-order chi connectivity index (χ1) is 12.0. The van der Waals surface area contributed by atoms with E-state index in [0.717, 1.165) is 18.0 Å². The first kappa shape index (κ1) is 17.3. The minimum atomic E-state index is -4.48. The van der Waals surface area contributed by atoms with Gasteiger partial charge in [0.25, 0.3) is 21.8 Å². The van der Waals surface area contributed by atoms with Crippen LogP contribution >= 0.6 is 0 Å². The van der Waals surface area contributed by atoms with E-state index in [1.54, 1.807) is 0 Å². The average molecular weight is 390 g/mol. The van der Waals surface area contributed by atoms with Crippen molar-refractivity contribution in [2.24, 2.45) is 5.92 Å². The van der Waals surface area contributed by atoms with E-state index in [1.807, 2.05) is 0 Å². The summed E-state index contributed by atoms with van der Waals surface area (Å²) in [5.41, 5.74) is -0.146. The molecule has 0 bridgehead atoms. The summed E-state index contributed by atoms with van der Waals surface area (Å²) in [5, 5.41) is 0. The molecule has 7 nitrogen and oxygen atoms in total. The molecular weight excluding hydrogens is 377 g/mol. The lowest BCUT2D eigenvalue weighted by Crippen LogP contribution is -2.41. The summed E-state index contributed by atoms with van der Waals surface area (Å²) in [6.07, 6.45) is -5.56. The van der Waals surface area contributed by atoms with Crippen LogP contribution in [0.1, 0.15) is 20.7 Å². The summed E-state index contributed by atoms with van der Waals surface area (Å²) in [6.45, 7) is -0.0425. The van der Waals surface area contributed by atoms with Gasteiger partial charge in [0.2, 0.25) is 0 Å². The largest absolute Gasteiger partial charge is 0.396 e. The van der Waals surface area contributed by atoms with E-state index >= 15 is 0 Å². The third-order valence-corrected chi connectivity index (χ3v) is 6.72. The molecule has 4 rings (SSSR count). The Morgan fingerprint density at radius 2 is 2.00 bits per heavy atom. The summed E-state index contributed by atoms with van der Waals surface area (Å²) in [6, 6.07) is 2.40. The van der Waals surface area contributed by atoms with Crippen molar-refractivity contribution in [1.29, 1.82) is 0 Å². The Labute approximate surface area is 146 Å². The van der Waals surface area contributed by atoms with Gasteiger partial charge in [0, 0.05) is 19.2 Å². The number of amides is 2. The second-order valence-corrected chi connectivity index (χ2v) is 8.32. The molecule has 26 heavy (non-hydrogen) atoms. The molecule has 0 unspecified atom stereocenters. The standard InChI is InChI=1S/C15H13F3N2O5S/c1-19-14(22)8-3-2-7(6-9(8)26(19,23)24)13(21)20-4-5-25-12-10(11(12)20)15(16,17)18/h2-3,6,10-12H,4-5H2,1H3/t10-,11-,12+/m0/s1. The number of hydrogen-bond acceptors (Lipinski definition) is 5. The number of ether oxygens (including phenoxy) is 1. The number of alkyl halides is 3. The number of sulfonamides is 1. The summed E-state index contributed by atoms with van der Waals surface area (Å²) < 4.78 is 69.1. The normalized spacial score (nSPS) is 29.4. The van der Waals surface area contributed by atoms with E-state index in [2.05, 4.69) is 0 Å². The van der Waals surface area contributed by atoms with Crippen LogP contribution in [0, 0.1) is 5.92 Å². The zero-order valence-electron chi connectivity index (χ0n) is 13.4. The highest BCUT2D eigenvalue weighted by atomic mass is 32.2. The van der Waals surface area contributed by atoms with Crippen LogP contribution < -0.4 is 0 Å². The highest BCUT2D eigenvalue weighted by molar-refractivity contribution is 7.90. The maximum atomic E-state index is 13.0. The van der Waals surface area contributed by atoms with Crippen molar-refractivity contribution >= 4 is 21.8 Å². The van der Waals surface area contributed by atoms with Gasteiger partial charge in [-0.05, 0) is 18.2 Å². The third kappa shape index (κ3) is 2.26. The van der Waals surface area contributed by atoms with Gasteiger partial charge in [-0.2, -0.15) is 13.2 Å². The topological polar surface area (TPSA) is 84.0 Å². The van der Waals surface area contributed by atoms with Gasteiger partial charge in [-0.1, -0.05) is 0 Å². The van der Waals surface area contributed by atoms with Crippen LogP contribution in [0.2, 0.25) is 0 Å². The molecule has 2 amide bonds. The van der Waals surface area contributed by atoms with Crippen LogP contribution in [0.4, 0.5) is 13.2 Å². The number of nitrogens with zero attached hydrogens (tertiary/aromatic N) is 2. The summed E-state index contributed by atoms with van der Waals surface area (Å²) >= 11 is 0. The number of carbonyl (C=O) groups excluding carboxylic acids is 2. The fourth-order valence-corrected chi connectivity index (χ4v) is 4.85. The van der Waals surface area contributed by atoms with Gasteiger partial charge in [0.05, 0.1) is 24.3 Å². The Hall–Kier alpha value is -2.14. The SMILES string of the molecule is CN1C(=O)c2ccc(C(=O)N3CCO[C@H]4[C@@H]3[C@@H]4C(F)(F)F)cc2S1(=O)=O. The van der Waals surface area contributed by atoms with E-state index in [4.69, 9.17) is 4.74 Å². The fraction of sp³-hybridized carbons (Fsp3) is 0.467. The highest BCUT2D eigenvalue weighted by Gasteiger charge is 2.69. The molecular formula is C15H13F3N2O5S. The van der Waals surface area contributed by atoms with Crippen molar-refractivity contribution in [3.63, 3.8) is 0 Å². The molecule has 2 aliphatic heterocycles. The predicted octanol–water partition coefficient (Wildman–Crippen LogP) is 0.863. The Balaban J connectivity index is 1.67. The van der Waals surface area contributed by atoms with Crippen molar-refractivity contribution in [3.05, 3.63) is 29.3 Å². The van der Waals surface area contributed by atoms with E-state index in [9.17, 15) is 31.2 Å². The van der Waals surface area contributed by atoms with Crippen LogP contribution in [-0.2, 0) is 14.8 Å². The van der Waals surface area contributed by atoms with Gasteiger partial charge in [-0.15, -0.1) is 0 Å². The van der Waals surface area contributed by atoms with Crippen molar-refractivity contribution in [1.82, 2.24) is 9.21 Å². The van der Waals surface area contributed by atoms with Gasteiger partial charge >= 0.3 is 6.18 Å². The van der Waals surface area contributed by atoms with E-state index in [0.29, 0.717) is 4.31 Å². The lowest BCUT2D eigenvalue weighted by molar-refractivity contribution is -0.157. The lowest BCUT2D eigenvalue weighted by Gasteiger charge is -2.26. The second-order valence-electron chi connectivity index (χ2n) is 6.38. The molecule has 1 saturated heterocycles. The summed E-state index contributed by atoms with van der Waals surface area (Å²) in [5.74, 6) is -3.17. The molecule has 1 saturated carbocycles. The number of halogens is 3. The fourth-order valence-electron chi connectivity index (χ4n) is 3.53. The molecule has 3 atom stereocenters. The summed E-state index contributed by atoms with van der Waals surface area (Å²) in [7, 11) is -2.95. The van der Waals surface area contributed by atoms with Crippen molar-refractivity contribution in [2.45, 2.75) is 23.2 Å². The van der Waals surface area contributed by atoms with Crippen molar-refractivity contribution in [3.8, 4) is 0 Å². The quantitative estimate of drug-likeness (QED) is 0.710. The van der Waals surface area contributed by atoms with E-state index in [-0.39, 0.29) is 29.2 Å². The molecule has 140 valence electrons. The van der Waals surface area contributed by atoms with Crippen LogP contribution in [0.15, 0.2) is 23.1 Å². The zero-order valence-corrected chi connectivity index (χ0v) is 14.2. The number of carbonyl (C=O) groups is 2. The summed E-state index contributed by atoms with van der Waals surface area (Å²) in [4.78, 5) is 25.4. The number of morpholine rings is 1. The van der Waals surface area contributed by atoms with Crippen LogP contribution in [0.5, 0.6) is 0 Å². The Kier molecular flexibility index (Phi) is 3.45. The minimum absolute atomic E-state index is 0.0186. The molecule has 1 aliphatic carbocycles. The molecule has 1 aromatic rings. The Bertz CT molecular complexity index is 930. The van der Waals surface area contributed by atoms with Gasteiger partial charge in [0.1, 0.15) is 10.8 Å². The predicted molar refractivity (Wildman–Crippen MR) is 79.8 cm³/mol. The number of rotatable bonds is 1. The monoisotopic (exact) mass is 390 g/mol. The van der Waals surface area contributed by atoms with Crippen LogP contribution in [0.3, 0.4) is 0 Å². The van der Waals surface area contributed by atoms with Crippen LogP contribution in [0.25, 0.3) is 0 Å². The van der Waals surface area contributed by atoms with Crippen molar-refractivity contribution in [2.75, 3.05) is 20.2 Å². The second kappa shape index (κ2) is 5.19. The number of hydrogen-bond donors (Lipinski definition) is 0. The maximum absolute atomic E-state index is 13.0. The Morgan fingerprint density at radius 3 is 2.65 bits per heavy atom. The molecule has 0 radical (unpaired) electrons.